The first kappa shape index (κ1) is 17.0. The lowest BCUT2D eigenvalue weighted by Crippen LogP contribution is -2.50. The number of nitrogens with zero attached hydrogens (tertiary/aromatic N) is 2. The van der Waals surface area contributed by atoms with Crippen LogP contribution in [0, 0.1) is 0 Å². The van der Waals surface area contributed by atoms with E-state index < -0.39 is 28.8 Å². The summed E-state index contributed by atoms with van der Waals surface area (Å²) in [5, 5.41) is 1.80. The molecule has 1 N–H and O–H groups in total. The second-order valence-electron chi connectivity index (χ2n) is 4.77. The van der Waals surface area contributed by atoms with E-state index in [0.717, 1.165) is 6.26 Å². The molecular formula is C10H18F3N3O3S. The van der Waals surface area contributed by atoms with Gasteiger partial charge in [0.2, 0.25) is 10.0 Å². The number of amides is 2. The standard InChI is InChI=1S/C10H18F3N3O3S/c1-15(20(2,18)19)8-3-5-16(6-4-8)9(17)14-7-10(11,12)13/h8H,3-7H2,1-2H3,(H,14,17). The van der Waals surface area contributed by atoms with E-state index in [-0.39, 0.29) is 19.1 Å². The van der Waals surface area contributed by atoms with Crippen molar-refractivity contribution in [2.75, 3.05) is 32.9 Å². The topological polar surface area (TPSA) is 69.7 Å². The molecule has 0 aliphatic carbocycles. The van der Waals surface area contributed by atoms with E-state index in [0.29, 0.717) is 12.8 Å². The van der Waals surface area contributed by atoms with Crippen LogP contribution >= 0.6 is 0 Å². The zero-order valence-electron chi connectivity index (χ0n) is 11.3. The molecule has 0 unspecified atom stereocenters. The van der Waals surface area contributed by atoms with E-state index in [1.807, 2.05) is 0 Å². The molecule has 10 heteroatoms. The van der Waals surface area contributed by atoms with Gasteiger partial charge in [0.1, 0.15) is 6.54 Å². The molecule has 1 aliphatic heterocycles. The second kappa shape index (κ2) is 6.17. The first-order chi connectivity index (χ1) is 9.00. The first-order valence-electron chi connectivity index (χ1n) is 6.03. The van der Waals surface area contributed by atoms with Crippen LogP contribution in [0.25, 0.3) is 0 Å². The SMILES string of the molecule is CN(C1CCN(C(=O)NCC(F)(F)F)CC1)S(C)(=O)=O. The molecule has 0 aromatic carbocycles. The number of likely N-dealkylation sites (tertiary alicyclic amines) is 1. The van der Waals surface area contributed by atoms with E-state index in [1.165, 1.54) is 16.3 Å². The minimum atomic E-state index is -4.44. The zero-order valence-corrected chi connectivity index (χ0v) is 12.1. The predicted molar refractivity (Wildman–Crippen MR) is 66.7 cm³/mol. The van der Waals surface area contributed by atoms with Crippen LogP contribution in [-0.4, -0.2) is 68.8 Å². The Labute approximate surface area is 116 Å². The summed E-state index contributed by atoms with van der Waals surface area (Å²) < 4.78 is 59.9. The van der Waals surface area contributed by atoms with Crippen molar-refractivity contribution in [2.45, 2.75) is 25.1 Å². The normalized spacial score (nSPS) is 18.4. The number of nitrogens with one attached hydrogen (secondary N) is 1. The molecule has 0 spiro atoms. The molecular weight excluding hydrogens is 299 g/mol. The van der Waals surface area contributed by atoms with Gasteiger partial charge in [0.05, 0.1) is 6.26 Å². The van der Waals surface area contributed by atoms with Gasteiger partial charge in [-0.1, -0.05) is 0 Å². The maximum atomic E-state index is 12.0. The Hall–Kier alpha value is -1.03. The lowest BCUT2D eigenvalue weighted by molar-refractivity contribution is -0.123. The van der Waals surface area contributed by atoms with Crippen LogP contribution in [0.3, 0.4) is 0 Å². The fraction of sp³-hybridized carbons (Fsp3) is 0.900. The highest BCUT2D eigenvalue weighted by atomic mass is 32.2. The third kappa shape index (κ3) is 5.16. The Kier molecular flexibility index (Phi) is 5.25. The summed E-state index contributed by atoms with van der Waals surface area (Å²) in [6, 6.07) is -1.00. The number of hydrogen-bond acceptors (Lipinski definition) is 3. The van der Waals surface area contributed by atoms with Gasteiger partial charge in [0.25, 0.3) is 0 Å². The number of sulfonamides is 1. The lowest BCUT2D eigenvalue weighted by atomic mass is 10.1. The Morgan fingerprint density at radius 1 is 1.35 bits per heavy atom. The number of urea groups is 1. The molecule has 1 fully saturated rings. The second-order valence-corrected chi connectivity index (χ2v) is 6.81. The molecule has 118 valence electrons. The molecule has 0 atom stereocenters. The van der Waals surface area contributed by atoms with Gasteiger partial charge in [-0.3, -0.25) is 0 Å². The van der Waals surface area contributed by atoms with Gasteiger partial charge in [-0.25, -0.2) is 17.5 Å². The minimum Gasteiger partial charge on any atom is -0.329 e. The highest BCUT2D eigenvalue weighted by Gasteiger charge is 2.31. The number of piperidine rings is 1. The summed E-state index contributed by atoms with van der Waals surface area (Å²) in [5.41, 5.74) is 0. The van der Waals surface area contributed by atoms with Crippen LogP contribution < -0.4 is 5.32 Å². The van der Waals surface area contributed by atoms with Crippen LogP contribution in [0.2, 0.25) is 0 Å². The molecule has 0 bridgehead atoms. The molecule has 20 heavy (non-hydrogen) atoms. The van der Waals surface area contributed by atoms with Crippen LogP contribution in [0.15, 0.2) is 0 Å². The summed E-state index contributed by atoms with van der Waals surface area (Å²) in [6.45, 7) is -0.905. The summed E-state index contributed by atoms with van der Waals surface area (Å²) in [6.07, 6.45) is -2.54. The number of rotatable bonds is 3. The van der Waals surface area contributed by atoms with Crippen molar-refractivity contribution in [3.63, 3.8) is 0 Å². The van der Waals surface area contributed by atoms with Crippen molar-refractivity contribution >= 4 is 16.1 Å². The molecule has 1 heterocycles. The van der Waals surface area contributed by atoms with Crippen LogP contribution in [0.5, 0.6) is 0 Å². The summed E-state index contributed by atoms with van der Waals surface area (Å²) in [7, 11) is -1.85. The van der Waals surface area contributed by atoms with Crippen LogP contribution in [-0.2, 0) is 10.0 Å². The average Bonchev–Trinajstić information content (AvgIpc) is 2.33. The fourth-order valence-corrected chi connectivity index (χ4v) is 2.74. The molecule has 0 aromatic rings. The van der Waals surface area contributed by atoms with E-state index >= 15 is 0 Å². The van der Waals surface area contributed by atoms with Crippen molar-refractivity contribution in [1.29, 1.82) is 0 Å². The average molecular weight is 317 g/mol. The molecule has 1 saturated heterocycles. The molecule has 2 amide bonds. The molecule has 1 rings (SSSR count). The summed E-state index contributed by atoms with van der Waals surface area (Å²) >= 11 is 0. The molecule has 0 saturated carbocycles. The van der Waals surface area contributed by atoms with Crippen molar-refractivity contribution in [2.24, 2.45) is 0 Å². The predicted octanol–water partition coefficient (Wildman–Crippen LogP) is 0.614. The van der Waals surface area contributed by atoms with E-state index in [9.17, 15) is 26.4 Å². The molecule has 6 nitrogen and oxygen atoms in total. The van der Waals surface area contributed by atoms with Crippen molar-refractivity contribution in [3.05, 3.63) is 0 Å². The Balaban J connectivity index is 2.44. The quantitative estimate of drug-likeness (QED) is 0.829. The van der Waals surface area contributed by atoms with Gasteiger partial charge in [-0.15, -0.1) is 0 Å². The largest absolute Gasteiger partial charge is 0.405 e. The minimum absolute atomic E-state index is 0.225. The lowest BCUT2D eigenvalue weighted by Gasteiger charge is -2.35. The maximum Gasteiger partial charge on any atom is 0.405 e. The first-order valence-corrected chi connectivity index (χ1v) is 7.88. The van der Waals surface area contributed by atoms with Crippen molar-refractivity contribution in [1.82, 2.24) is 14.5 Å². The van der Waals surface area contributed by atoms with Crippen LogP contribution in [0.4, 0.5) is 18.0 Å². The Morgan fingerprint density at radius 2 is 1.85 bits per heavy atom. The Bertz CT molecular complexity index is 444. The molecule has 1 aliphatic rings. The number of hydrogen-bond donors (Lipinski definition) is 1. The highest BCUT2D eigenvalue weighted by Crippen LogP contribution is 2.18. The van der Waals surface area contributed by atoms with E-state index in [4.69, 9.17) is 0 Å². The van der Waals surface area contributed by atoms with Crippen molar-refractivity contribution in [3.8, 4) is 0 Å². The molecule has 0 aromatic heterocycles. The number of alkyl halides is 3. The third-order valence-electron chi connectivity index (χ3n) is 3.23. The van der Waals surface area contributed by atoms with Gasteiger partial charge in [0, 0.05) is 26.2 Å². The highest BCUT2D eigenvalue weighted by molar-refractivity contribution is 7.88. The number of carbonyl (C=O) groups excluding carboxylic acids is 1. The summed E-state index contributed by atoms with van der Waals surface area (Å²) in [5.74, 6) is 0. The van der Waals surface area contributed by atoms with Gasteiger partial charge in [0.15, 0.2) is 0 Å². The monoisotopic (exact) mass is 317 g/mol. The smallest absolute Gasteiger partial charge is 0.329 e. The van der Waals surface area contributed by atoms with Gasteiger partial charge in [-0.05, 0) is 12.8 Å². The van der Waals surface area contributed by atoms with Gasteiger partial charge >= 0.3 is 12.2 Å². The summed E-state index contributed by atoms with van der Waals surface area (Å²) in [4.78, 5) is 12.8. The zero-order chi connectivity index (χ0) is 15.6. The Morgan fingerprint density at radius 3 is 2.25 bits per heavy atom. The number of halogens is 3. The van der Waals surface area contributed by atoms with E-state index in [2.05, 4.69) is 0 Å². The van der Waals surface area contributed by atoms with E-state index in [1.54, 1.807) is 5.32 Å². The third-order valence-corrected chi connectivity index (χ3v) is 4.57. The van der Waals surface area contributed by atoms with Crippen molar-refractivity contribution < 1.29 is 26.4 Å². The van der Waals surface area contributed by atoms with Gasteiger partial charge < -0.3 is 10.2 Å². The number of carbonyl (C=O) groups is 1. The molecule has 0 radical (unpaired) electrons. The van der Waals surface area contributed by atoms with Crippen LogP contribution in [0.1, 0.15) is 12.8 Å². The fourth-order valence-electron chi connectivity index (χ4n) is 1.99. The van der Waals surface area contributed by atoms with Gasteiger partial charge in [-0.2, -0.15) is 13.2 Å². The maximum absolute atomic E-state index is 12.0.